The number of unbranched alkanes of at least 4 members (excludes halogenated alkanes) is 1. The van der Waals surface area contributed by atoms with Gasteiger partial charge >= 0.3 is 12.0 Å². The van der Waals surface area contributed by atoms with Crippen molar-refractivity contribution in [1.29, 1.82) is 0 Å². The number of aromatic nitrogens is 3. The lowest BCUT2D eigenvalue weighted by Gasteiger charge is -2.15. The number of methoxy groups -OCH3 is 1. The van der Waals surface area contributed by atoms with Crippen molar-refractivity contribution in [3.8, 4) is 0 Å². The molecule has 0 bridgehead atoms. The number of nitrogens with zero attached hydrogens (tertiary/aromatic N) is 4. The van der Waals surface area contributed by atoms with Crippen LogP contribution < -0.4 is 0 Å². The van der Waals surface area contributed by atoms with E-state index in [1.54, 1.807) is 14.1 Å². The number of hydrogen-bond acceptors (Lipinski definition) is 6. The Morgan fingerprint density at radius 2 is 1.96 bits per heavy atom. The predicted octanol–water partition coefficient (Wildman–Crippen LogP) is 2.93. The molecule has 1 unspecified atom stereocenters. The van der Waals surface area contributed by atoms with E-state index in [2.05, 4.69) is 17.0 Å². The largest absolute Gasteiger partial charge is 0.468 e. The van der Waals surface area contributed by atoms with E-state index in [1.807, 2.05) is 20.8 Å². The van der Waals surface area contributed by atoms with Gasteiger partial charge in [0.25, 0.3) is 0 Å². The zero-order chi connectivity index (χ0) is 18.5. The minimum absolute atomic E-state index is 0.292. The highest BCUT2D eigenvalue weighted by Crippen LogP contribution is 2.29. The van der Waals surface area contributed by atoms with Crippen molar-refractivity contribution in [3.05, 3.63) is 5.82 Å². The Kier molecular flexibility index (Phi) is 7.26. The first-order chi connectivity index (χ1) is 11.1. The third-order valence-corrected chi connectivity index (χ3v) is 4.53. The molecule has 136 valence electrons. The Balaban J connectivity index is 3.20. The lowest BCUT2D eigenvalue weighted by atomic mass is 9.96. The summed E-state index contributed by atoms with van der Waals surface area (Å²) in [5, 5.41) is 4.38. The minimum atomic E-state index is -0.402. The predicted molar refractivity (Wildman–Crippen MR) is 94.4 cm³/mol. The van der Waals surface area contributed by atoms with E-state index in [1.165, 1.54) is 28.5 Å². The van der Waals surface area contributed by atoms with Gasteiger partial charge in [0.1, 0.15) is 5.25 Å². The molecule has 24 heavy (non-hydrogen) atoms. The maximum absolute atomic E-state index is 12.4. The molecule has 7 nitrogen and oxygen atoms in total. The number of hydrogen-bond donors (Lipinski definition) is 0. The van der Waals surface area contributed by atoms with Crippen LogP contribution in [0.25, 0.3) is 0 Å². The van der Waals surface area contributed by atoms with E-state index >= 15 is 0 Å². The molecule has 0 aliphatic rings. The van der Waals surface area contributed by atoms with Gasteiger partial charge in [0.2, 0.25) is 0 Å². The van der Waals surface area contributed by atoms with Gasteiger partial charge in [-0.05, 0) is 6.42 Å². The number of esters is 1. The van der Waals surface area contributed by atoms with Crippen LogP contribution in [0.5, 0.6) is 0 Å². The quantitative estimate of drug-likeness (QED) is 0.576. The van der Waals surface area contributed by atoms with Gasteiger partial charge in [-0.25, -0.2) is 9.78 Å². The Morgan fingerprint density at radius 3 is 2.42 bits per heavy atom. The van der Waals surface area contributed by atoms with E-state index in [0.717, 1.165) is 12.8 Å². The van der Waals surface area contributed by atoms with Gasteiger partial charge in [0.15, 0.2) is 11.0 Å². The SMILES string of the molecule is CCCCC(Sc1nc(C(C)(C)C)nn1C(=O)N(C)C)C(=O)OC. The number of thioether (sulfide) groups is 1. The minimum Gasteiger partial charge on any atom is -0.468 e. The van der Waals surface area contributed by atoms with Crippen LogP contribution >= 0.6 is 11.8 Å². The summed E-state index contributed by atoms with van der Waals surface area (Å²) >= 11 is 1.24. The highest BCUT2D eigenvalue weighted by molar-refractivity contribution is 8.00. The molecule has 1 amide bonds. The van der Waals surface area contributed by atoms with Crippen LogP contribution in [-0.2, 0) is 14.9 Å². The van der Waals surface area contributed by atoms with Gasteiger partial charge in [0.05, 0.1) is 7.11 Å². The molecule has 8 heteroatoms. The molecule has 0 N–H and O–H groups in total. The fourth-order valence-electron chi connectivity index (χ4n) is 1.88. The molecule has 0 spiro atoms. The maximum atomic E-state index is 12.4. The zero-order valence-electron chi connectivity index (χ0n) is 15.6. The summed E-state index contributed by atoms with van der Waals surface area (Å²) in [5.41, 5.74) is -0.294. The van der Waals surface area contributed by atoms with Crippen LogP contribution in [-0.4, -0.2) is 58.1 Å². The lowest BCUT2D eigenvalue weighted by molar-refractivity contribution is -0.140. The summed E-state index contributed by atoms with van der Waals surface area (Å²) < 4.78 is 6.16. The summed E-state index contributed by atoms with van der Waals surface area (Å²) in [4.78, 5) is 30.4. The van der Waals surface area contributed by atoms with Crippen molar-refractivity contribution >= 4 is 23.8 Å². The topological polar surface area (TPSA) is 77.3 Å². The third-order valence-electron chi connectivity index (χ3n) is 3.34. The van der Waals surface area contributed by atoms with E-state index in [-0.39, 0.29) is 17.4 Å². The molecule has 0 aliphatic carbocycles. The molecule has 0 fully saturated rings. The average molecular weight is 356 g/mol. The molecule has 1 heterocycles. The normalized spacial score (nSPS) is 12.8. The van der Waals surface area contributed by atoms with Crippen LogP contribution in [0.3, 0.4) is 0 Å². The van der Waals surface area contributed by atoms with Crippen LogP contribution in [0.1, 0.15) is 52.8 Å². The van der Waals surface area contributed by atoms with Gasteiger partial charge in [0, 0.05) is 19.5 Å². The number of amides is 1. The second-order valence-corrected chi connectivity index (χ2v) is 8.00. The lowest BCUT2D eigenvalue weighted by Crippen LogP contribution is -2.30. The van der Waals surface area contributed by atoms with Gasteiger partial charge in [-0.2, -0.15) is 4.68 Å². The summed E-state index contributed by atoms with van der Waals surface area (Å²) in [6.45, 7) is 8.01. The molecule has 1 aromatic rings. The van der Waals surface area contributed by atoms with Crippen LogP contribution in [0.15, 0.2) is 5.16 Å². The first-order valence-electron chi connectivity index (χ1n) is 8.05. The van der Waals surface area contributed by atoms with Crippen molar-refractivity contribution in [3.63, 3.8) is 0 Å². The second-order valence-electron chi connectivity index (χ2n) is 6.83. The fraction of sp³-hybridized carbons (Fsp3) is 0.750. The van der Waals surface area contributed by atoms with E-state index < -0.39 is 5.25 Å². The third kappa shape index (κ3) is 5.22. The Morgan fingerprint density at radius 1 is 1.33 bits per heavy atom. The average Bonchev–Trinajstić information content (AvgIpc) is 2.93. The van der Waals surface area contributed by atoms with E-state index in [9.17, 15) is 9.59 Å². The number of carbonyl (C=O) groups is 2. The molecular formula is C16H28N4O3S. The fourth-order valence-corrected chi connectivity index (χ4v) is 2.97. The summed E-state index contributed by atoms with van der Waals surface area (Å²) in [6.07, 6.45) is 2.54. The van der Waals surface area contributed by atoms with Crippen LogP contribution in [0.2, 0.25) is 0 Å². The second kappa shape index (κ2) is 8.50. The van der Waals surface area contributed by atoms with Crippen molar-refractivity contribution in [2.24, 2.45) is 0 Å². The molecule has 0 saturated heterocycles. The summed E-state index contributed by atoms with van der Waals surface area (Å²) in [7, 11) is 4.69. The first kappa shape index (κ1) is 20.5. The number of rotatable bonds is 6. The molecule has 0 aromatic carbocycles. The molecule has 1 atom stereocenters. The highest BCUT2D eigenvalue weighted by atomic mass is 32.2. The standard InChI is InChI=1S/C16H28N4O3S/c1-8-9-10-11(12(21)23-7)24-14-17-13(16(2,3)4)18-20(14)15(22)19(5)6/h11H,8-10H2,1-7H3. The van der Waals surface area contributed by atoms with Crippen molar-refractivity contribution in [2.75, 3.05) is 21.2 Å². The van der Waals surface area contributed by atoms with Crippen LogP contribution in [0.4, 0.5) is 4.79 Å². The van der Waals surface area contributed by atoms with E-state index in [0.29, 0.717) is 17.4 Å². The molecule has 0 radical (unpaired) electrons. The van der Waals surface area contributed by atoms with E-state index in [4.69, 9.17) is 4.74 Å². The molecule has 1 rings (SSSR count). The molecule has 1 aromatic heterocycles. The van der Waals surface area contributed by atoms with Gasteiger partial charge in [-0.3, -0.25) is 4.79 Å². The highest BCUT2D eigenvalue weighted by Gasteiger charge is 2.29. The molecular weight excluding hydrogens is 328 g/mol. The first-order valence-corrected chi connectivity index (χ1v) is 8.93. The van der Waals surface area contributed by atoms with Crippen molar-refractivity contribution < 1.29 is 14.3 Å². The number of carbonyl (C=O) groups excluding carboxylic acids is 2. The van der Waals surface area contributed by atoms with Gasteiger partial charge in [-0.15, -0.1) is 5.10 Å². The zero-order valence-corrected chi connectivity index (χ0v) is 16.4. The van der Waals surface area contributed by atoms with Gasteiger partial charge in [-0.1, -0.05) is 52.3 Å². The smallest absolute Gasteiger partial charge is 0.346 e. The van der Waals surface area contributed by atoms with Crippen molar-refractivity contribution in [2.45, 2.75) is 62.8 Å². The Labute approximate surface area is 148 Å². The molecule has 0 aliphatic heterocycles. The Bertz CT molecular complexity index is 578. The summed E-state index contributed by atoms with van der Waals surface area (Å²) in [5.74, 6) is 0.261. The van der Waals surface area contributed by atoms with Gasteiger partial charge < -0.3 is 9.64 Å². The summed E-state index contributed by atoms with van der Waals surface area (Å²) in [6, 6.07) is -0.292. The maximum Gasteiger partial charge on any atom is 0.346 e. The van der Waals surface area contributed by atoms with Crippen LogP contribution in [0, 0.1) is 0 Å². The molecule has 0 saturated carbocycles. The number of ether oxygens (including phenoxy) is 1. The van der Waals surface area contributed by atoms with Crippen molar-refractivity contribution in [1.82, 2.24) is 19.7 Å². The monoisotopic (exact) mass is 356 g/mol. The Hall–Kier alpha value is -1.57.